The summed E-state index contributed by atoms with van der Waals surface area (Å²) in [5.74, 6) is 1.96. The summed E-state index contributed by atoms with van der Waals surface area (Å²) in [6, 6.07) is 13.4. The van der Waals surface area contributed by atoms with Crippen molar-refractivity contribution in [3.63, 3.8) is 0 Å². The van der Waals surface area contributed by atoms with Gasteiger partial charge in [0.15, 0.2) is 11.5 Å². The van der Waals surface area contributed by atoms with Crippen LogP contribution >= 0.6 is 0 Å². The second-order valence-corrected chi connectivity index (χ2v) is 8.46. The standard InChI is InChI=1S/C25H32N6O3/c1-5-31-28-24(27-29-31)18-8-7-9-19(14-18)25(32)26-21-12-13-30(3)16-20(21)17-10-11-22(34-6-2)23(15-17)33-4/h7-11,14-15,20-21H,5-6,12-13,16H2,1-4H3,(H,26,32)/t20-,21-/m1/s1. The van der Waals surface area contributed by atoms with E-state index in [0.717, 1.165) is 36.4 Å². The van der Waals surface area contributed by atoms with Crippen LogP contribution in [0.2, 0.25) is 0 Å². The summed E-state index contributed by atoms with van der Waals surface area (Å²) < 4.78 is 11.2. The van der Waals surface area contributed by atoms with Crippen molar-refractivity contribution in [2.45, 2.75) is 38.8 Å². The highest BCUT2D eigenvalue weighted by Gasteiger charge is 2.31. The van der Waals surface area contributed by atoms with E-state index in [9.17, 15) is 4.79 Å². The van der Waals surface area contributed by atoms with Crippen LogP contribution in [0.25, 0.3) is 11.4 Å². The Labute approximate surface area is 200 Å². The van der Waals surface area contributed by atoms with Gasteiger partial charge in [0.25, 0.3) is 5.91 Å². The number of likely N-dealkylation sites (tertiary alicyclic amines) is 1. The maximum Gasteiger partial charge on any atom is 0.251 e. The number of amides is 1. The molecule has 1 aliphatic heterocycles. The van der Waals surface area contributed by atoms with Crippen molar-refractivity contribution in [2.24, 2.45) is 0 Å². The van der Waals surface area contributed by atoms with Gasteiger partial charge in [-0.3, -0.25) is 4.79 Å². The fraction of sp³-hybridized carbons (Fsp3) is 0.440. The van der Waals surface area contributed by atoms with Gasteiger partial charge in [0.1, 0.15) is 0 Å². The molecule has 2 atom stereocenters. The molecule has 1 aromatic heterocycles. The van der Waals surface area contributed by atoms with Gasteiger partial charge in [-0.1, -0.05) is 18.2 Å². The number of rotatable bonds is 8. The molecule has 34 heavy (non-hydrogen) atoms. The van der Waals surface area contributed by atoms with Crippen molar-refractivity contribution in [2.75, 3.05) is 33.9 Å². The first-order chi connectivity index (χ1) is 16.5. The fourth-order valence-electron chi connectivity index (χ4n) is 4.36. The van der Waals surface area contributed by atoms with Gasteiger partial charge in [-0.15, -0.1) is 10.2 Å². The average molecular weight is 465 g/mol. The Kier molecular flexibility index (Phi) is 7.42. The van der Waals surface area contributed by atoms with Gasteiger partial charge in [-0.25, -0.2) is 0 Å². The van der Waals surface area contributed by atoms with Crippen molar-refractivity contribution in [1.82, 2.24) is 30.4 Å². The van der Waals surface area contributed by atoms with E-state index in [2.05, 4.69) is 38.7 Å². The first-order valence-corrected chi connectivity index (χ1v) is 11.7. The number of likely N-dealkylation sites (N-methyl/N-ethyl adjacent to an activating group) is 1. The number of nitrogens with zero attached hydrogens (tertiary/aromatic N) is 5. The molecule has 0 unspecified atom stereocenters. The van der Waals surface area contributed by atoms with Gasteiger partial charge in [0.05, 0.1) is 20.3 Å². The molecule has 9 heteroatoms. The molecule has 0 spiro atoms. The highest BCUT2D eigenvalue weighted by Crippen LogP contribution is 2.34. The van der Waals surface area contributed by atoms with Gasteiger partial charge >= 0.3 is 0 Å². The van der Waals surface area contributed by atoms with E-state index in [1.54, 1.807) is 7.11 Å². The van der Waals surface area contributed by atoms with E-state index in [4.69, 9.17) is 9.47 Å². The van der Waals surface area contributed by atoms with Crippen molar-refractivity contribution >= 4 is 5.91 Å². The SMILES string of the molecule is CCOc1ccc([C@H]2CN(C)CC[C@H]2NC(=O)c2cccc(-c3nnn(CC)n3)c2)cc1OC. The molecule has 0 radical (unpaired) electrons. The summed E-state index contributed by atoms with van der Waals surface area (Å²) in [5, 5.41) is 15.7. The summed E-state index contributed by atoms with van der Waals surface area (Å²) in [7, 11) is 3.76. The summed E-state index contributed by atoms with van der Waals surface area (Å²) in [6.07, 6.45) is 0.856. The van der Waals surface area contributed by atoms with E-state index >= 15 is 0 Å². The van der Waals surface area contributed by atoms with E-state index < -0.39 is 0 Å². The normalized spacial score (nSPS) is 18.5. The van der Waals surface area contributed by atoms with Crippen LogP contribution in [0.5, 0.6) is 11.5 Å². The summed E-state index contributed by atoms with van der Waals surface area (Å²) >= 11 is 0. The lowest BCUT2D eigenvalue weighted by Gasteiger charge is -2.37. The Bertz CT molecular complexity index is 1130. The Hall–Kier alpha value is -3.46. The Balaban J connectivity index is 1.55. The topological polar surface area (TPSA) is 94.4 Å². The largest absolute Gasteiger partial charge is 0.493 e. The maximum absolute atomic E-state index is 13.2. The minimum atomic E-state index is -0.109. The summed E-state index contributed by atoms with van der Waals surface area (Å²) in [6.45, 7) is 6.87. The van der Waals surface area contributed by atoms with Crippen LogP contribution in [0.4, 0.5) is 0 Å². The molecule has 180 valence electrons. The number of piperidine rings is 1. The molecule has 4 rings (SSSR count). The highest BCUT2D eigenvalue weighted by atomic mass is 16.5. The predicted molar refractivity (Wildman–Crippen MR) is 129 cm³/mol. The summed E-state index contributed by atoms with van der Waals surface area (Å²) in [4.78, 5) is 17.1. The van der Waals surface area contributed by atoms with Crippen molar-refractivity contribution in [1.29, 1.82) is 0 Å². The smallest absolute Gasteiger partial charge is 0.251 e. The number of hydrogen-bond donors (Lipinski definition) is 1. The summed E-state index contributed by atoms with van der Waals surface area (Å²) in [5.41, 5.74) is 2.46. The predicted octanol–water partition coefficient (Wildman–Crippen LogP) is 2.99. The molecule has 1 N–H and O–H groups in total. The monoisotopic (exact) mass is 464 g/mol. The second-order valence-electron chi connectivity index (χ2n) is 8.46. The van der Waals surface area contributed by atoms with Crippen molar-refractivity contribution in [3.05, 3.63) is 53.6 Å². The van der Waals surface area contributed by atoms with Crippen LogP contribution in [-0.4, -0.2) is 70.9 Å². The number of tetrazole rings is 1. The lowest BCUT2D eigenvalue weighted by molar-refractivity contribution is 0.0904. The van der Waals surface area contributed by atoms with Gasteiger partial charge in [-0.2, -0.15) is 4.80 Å². The molecule has 2 aromatic carbocycles. The molecule has 1 fully saturated rings. The number of nitrogens with one attached hydrogen (secondary N) is 1. The Morgan fingerprint density at radius 2 is 2.03 bits per heavy atom. The third-order valence-corrected chi connectivity index (χ3v) is 6.17. The zero-order chi connectivity index (χ0) is 24.1. The fourth-order valence-corrected chi connectivity index (χ4v) is 4.36. The van der Waals surface area contributed by atoms with E-state index in [-0.39, 0.29) is 17.9 Å². The first kappa shape index (κ1) is 23.7. The molecule has 9 nitrogen and oxygen atoms in total. The van der Waals surface area contributed by atoms with Crippen LogP contribution in [0, 0.1) is 0 Å². The third kappa shape index (κ3) is 5.20. The number of carbonyl (C=O) groups is 1. The van der Waals surface area contributed by atoms with Crippen molar-refractivity contribution < 1.29 is 14.3 Å². The molecule has 3 aromatic rings. The zero-order valence-corrected chi connectivity index (χ0v) is 20.2. The number of carbonyl (C=O) groups excluding carboxylic acids is 1. The lowest BCUT2D eigenvalue weighted by Crippen LogP contribution is -2.48. The quantitative estimate of drug-likeness (QED) is 0.548. The minimum Gasteiger partial charge on any atom is -0.493 e. The van der Waals surface area contributed by atoms with E-state index in [1.807, 2.05) is 50.2 Å². The number of benzene rings is 2. The number of methoxy groups -OCH3 is 1. The molecule has 1 amide bonds. The zero-order valence-electron chi connectivity index (χ0n) is 20.2. The van der Waals surface area contributed by atoms with Crippen LogP contribution in [-0.2, 0) is 6.54 Å². The van der Waals surface area contributed by atoms with Gasteiger partial charge in [0.2, 0.25) is 5.82 Å². The number of hydrogen-bond acceptors (Lipinski definition) is 7. The van der Waals surface area contributed by atoms with Crippen molar-refractivity contribution in [3.8, 4) is 22.9 Å². The molecule has 1 aliphatic rings. The molecule has 0 bridgehead atoms. The molecular weight excluding hydrogens is 432 g/mol. The third-order valence-electron chi connectivity index (χ3n) is 6.17. The lowest BCUT2D eigenvalue weighted by atomic mass is 9.85. The second kappa shape index (κ2) is 10.6. The minimum absolute atomic E-state index is 0.00547. The van der Waals surface area contributed by atoms with Crippen LogP contribution in [0.1, 0.15) is 42.1 Å². The Morgan fingerprint density at radius 1 is 1.18 bits per heavy atom. The van der Waals surface area contributed by atoms with E-state index in [1.165, 1.54) is 4.80 Å². The van der Waals surface area contributed by atoms with Gasteiger partial charge < -0.3 is 19.7 Å². The molecule has 2 heterocycles. The number of aryl methyl sites for hydroxylation is 1. The first-order valence-electron chi connectivity index (χ1n) is 11.7. The number of ether oxygens (including phenoxy) is 2. The maximum atomic E-state index is 13.2. The average Bonchev–Trinajstić information content (AvgIpc) is 3.35. The van der Waals surface area contributed by atoms with Crippen LogP contribution in [0.15, 0.2) is 42.5 Å². The Morgan fingerprint density at radius 3 is 2.76 bits per heavy atom. The molecular formula is C25H32N6O3. The molecule has 0 saturated carbocycles. The molecule has 1 saturated heterocycles. The van der Waals surface area contributed by atoms with Gasteiger partial charge in [0, 0.05) is 29.6 Å². The highest BCUT2D eigenvalue weighted by molar-refractivity contribution is 5.95. The molecule has 0 aliphatic carbocycles. The number of aromatic nitrogens is 4. The van der Waals surface area contributed by atoms with Crippen LogP contribution in [0.3, 0.4) is 0 Å². The van der Waals surface area contributed by atoms with Gasteiger partial charge in [-0.05, 0) is 68.9 Å². The van der Waals surface area contributed by atoms with E-state index in [0.29, 0.717) is 30.3 Å². The van der Waals surface area contributed by atoms with Crippen LogP contribution < -0.4 is 14.8 Å².